The van der Waals surface area contributed by atoms with Crippen molar-refractivity contribution in [2.75, 3.05) is 26.7 Å². The number of nitrogens with one attached hydrogen (secondary N) is 1. The minimum absolute atomic E-state index is 0.119. The lowest BCUT2D eigenvalue weighted by molar-refractivity contribution is 0.0948. The van der Waals surface area contributed by atoms with E-state index >= 15 is 0 Å². The van der Waals surface area contributed by atoms with Crippen molar-refractivity contribution in [3.8, 4) is 0 Å². The third-order valence-electron chi connectivity index (χ3n) is 4.68. The first-order valence-corrected chi connectivity index (χ1v) is 8.98. The maximum absolute atomic E-state index is 12.5. The van der Waals surface area contributed by atoms with Gasteiger partial charge in [-0.1, -0.05) is 30.3 Å². The second-order valence-corrected chi connectivity index (χ2v) is 6.82. The fraction of sp³-hybridized carbons (Fsp3) is 0.450. The van der Waals surface area contributed by atoms with Crippen LogP contribution in [-0.4, -0.2) is 47.5 Å². The normalized spacial score (nSPS) is 18.1. The number of amides is 1. The topological polar surface area (TPSA) is 58.1 Å². The van der Waals surface area contributed by atoms with Gasteiger partial charge in [-0.2, -0.15) is 0 Å². The molecule has 5 nitrogen and oxygen atoms in total. The molecule has 0 aliphatic carbocycles. The molecule has 25 heavy (non-hydrogen) atoms. The van der Waals surface area contributed by atoms with Gasteiger partial charge in [0.15, 0.2) is 0 Å². The van der Waals surface area contributed by atoms with Crippen LogP contribution in [0.1, 0.15) is 46.3 Å². The van der Waals surface area contributed by atoms with Gasteiger partial charge in [0.1, 0.15) is 11.5 Å². The van der Waals surface area contributed by atoms with Crippen molar-refractivity contribution < 1.29 is 4.79 Å². The van der Waals surface area contributed by atoms with Gasteiger partial charge in [0, 0.05) is 24.7 Å². The number of aryl methyl sites for hydroxylation is 1. The Kier molecular flexibility index (Phi) is 5.76. The van der Waals surface area contributed by atoms with Gasteiger partial charge in [-0.15, -0.1) is 0 Å². The number of likely N-dealkylation sites (tertiary alicyclic amines) is 1. The Hall–Kier alpha value is -2.27. The number of aromatic nitrogens is 2. The van der Waals surface area contributed by atoms with E-state index in [9.17, 15) is 4.79 Å². The smallest absolute Gasteiger partial charge is 0.270 e. The average Bonchev–Trinajstić information content (AvgIpc) is 2.62. The molecule has 0 bridgehead atoms. The van der Waals surface area contributed by atoms with Crippen LogP contribution in [0.4, 0.5) is 0 Å². The molecule has 1 N–H and O–H groups in total. The first-order chi connectivity index (χ1) is 12.1. The zero-order valence-corrected chi connectivity index (χ0v) is 15.0. The molecular formula is C20H26N4O. The van der Waals surface area contributed by atoms with Crippen molar-refractivity contribution in [3.63, 3.8) is 0 Å². The molecule has 2 aromatic rings. The Morgan fingerprint density at radius 2 is 2.08 bits per heavy atom. The van der Waals surface area contributed by atoms with E-state index in [0.29, 0.717) is 24.0 Å². The number of piperidine rings is 1. The maximum Gasteiger partial charge on any atom is 0.270 e. The molecule has 1 aliphatic heterocycles. The Morgan fingerprint density at radius 3 is 2.84 bits per heavy atom. The van der Waals surface area contributed by atoms with Crippen molar-refractivity contribution in [1.29, 1.82) is 0 Å². The molecule has 1 aromatic heterocycles. The molecule has 0 saturated carbocycles. The second-order valence-electron chi connectivity index (χ2n) is 6.82. The van der Waals surface area contributed by atoms with Gasteiger partial charge in [-0.3, -0.25) is 4.79 Å². The number of nitrogens with zero attached hydrogens (tertiary/aromatic N) is 3. The number of hydrogen-bond acceptors (Lipinski definition) is 4. The van der Waals surface area contributed by atoms with Gasteiger partial charge in [0.2, 0.25) is 0 Å². The quantitative estimate of drug-likeness (QED) is 0.910. The van der Waals surface area contributed by atoms with Crippen LogP contribution in [0.3, 0.4) is 0 Å². The molecule has 0 radical (unpaired) electrons. The van der Waals surface area contributed by atoms with Crippen LogP contribution in [0.15, 0.2) is 36.4 Å². The van der Waals surface area contributed by atoms with E-state index in [1.807, 2.05) is 31.2 Å². The van der Waals surface area contributed by atoms with Crippen LogP contribution in [0.2, 0.25) is 0 Å². The molecule has 5 heteroatoms. The first-order valence-electron chi connectivity index (χ1n) is 8.98. The van der Waals surface area contributed by atoms with E-state index in [4.69, 9.17) is 0 Å². The molecule has 1 amide bonds. The van der Waals surface area contributed by atoms with Gasteiger partial charge in [0.25, 0.3) is 5.91 Å². The van der Waals surface area contributed by atoms with E-state index in [2.05, 4.69) is 39.4 Å². The summed E-state index contributed by atoms with van der Waals surface area (Å²) in [4.78, 5) is 23.7. The second kappa shape index (κ2) is 8.21. The fourth-order valence-electron chi connectivity index (χ4n) is 3.38. The van der Waals surface area contributed by atoms with Crippen LogP contribution in [-0.2, 0) is 6.42 Å². The van der Waals surface area contributed by atoms with Gasteiger partial charge >= 0.3 is 0 Å². The number of carbonyl (C=O) groups excluding carboxylic acids is 1. The summed E-state index contributed by atoms with van der Waals surface area (Å²) in [5.74, 6) is 0.932. The molecule has 2 heterocycles. The fourth-order valence-corrected chi connectivity index (χ4v) is 3.38. The summed E-state index contributed by atoms with van der Waals surface area (Å²) in [7, 11) is 2.14. The average molecular weight is 338 g/mol. The van der Waals surface area contributed by atoms with E-state index in [1.165, 1.54) is 12.0 Å². The zero-order chi connectivity index (χ0) is 17.6. The molecule has 1 fully saturated rings. The number of likely N-dealkylation sites (N-methyl/N-ethyl adjacent to an activating group) is 1. The lowest BCUT2D eigenvalue weighted by atomic mass is 9.94. The summed E-state index contributed by atoms with van der Waals surface area (Å²) < 4.78 is 0. The predicted molar refractivity (Wildman–Crippen MR) is 98.7 cm³/mol. The first kappa shape index (κ1) is 17.5. The molecule has 1 aromatic carbocycles. The van der Waals surface area contributed by atoms with E-state index in [-0.39, 0.29) is 5.91 Å². The third-order valence-corrected chi connectivity index (χ3v) is 4.68. The van der Waals surface area contributed by atoms with Gasteiger partial charge in [-0.05, 0) is 51.4 Å². The molecule has 1 atom stereocenters. The van der Waals surface area contributed by atoms with E-state index in [0.717, 1.165) is 31.6 Å². The molecule has 3 rings (SSSR count). The highest BCUT2D eigenvalue weighted by atomic mass is 16.1. The van der Waals surface area contributed by atoms with Crippen LogP contribution in [0.5, 0.6) is 0 Å². The lowest BCUT2D eigenvalue weighted by Gasteiger charge is -2.29. The van der Waals surface area contributed by atoms with Crippen molar-refractivity contribution in [2.45, 2.75) is 32.1 Å². The molecule has 0 spiro atoms. The summed E-state index contributed by atoms with van der Waals surface area (Å²) in [6, 6.07) is 12.0. The Labute approximate surface area is 149 Å². The van der Waals surface area contributed by atoms with Crippen LogP contribution in [0, 0.1) is 6.92 Å². The minimum Gasteiger partial charge on any atom is -0.350 e. The largest absolute Gasteiger partial charge is 0.350 e. The molecule has 1 unspecified atom stereocenters. The summed E-state index contributed by atoms with van der Waals surface area (Å²) in [6.45, 7) is 4.59. The SMILES string of the molecule is Cc1nc(C(=O)NCCc2ccccc2)cc(C2CCCN(C)C2)n1. The van der Waals surface area contributed by atoms with Gasteiger partial charge in [0.05, 0.1) is 0 Å². The molecule has 132 valence electrons. The highest BCUT2D eigenvalue weighted by Gasteiger charge is 2.22. The van der Waals surface area contributed by atoms with Crippen LogP contribution in [0.25, 0.3) is 0 Å². The van der Waals surface area contributed by atoms with Crippen molar-refractivity contribution >= 4 is 5.91 Å². The number of hydrogen-bond donors (Lipinski definition) is 1. The monoisotopic (exact) mass is 338 g/mol. The lowest BCUT2D eigenvalue weighted by Crippen LogP contribution is -2.32. The summed E-state index contributed by atoms with van der Waals surface area (Å²) in [5.41, 5.74) is 2.68. The molecule has 1 aliphatic rings. The number of carbonyl (C=O) groups is 1. The Morgan fingerprint density at radius 1 is 1.28 bits per heavy atom. The maximum atomic E-state index is 12.5. The molecule has 1 saturated heterocycles. The standard InChI is InChI=1S/C20H26N4O/c1-15-22-18(17-9-6-12-24(2)14-17)13-19(23-15)20(25)21-11-10-16-7-4-3-5-8-16/h3-5,7-8,13,17H,6,9-12,14H2,1-2H3,(H,21,25). The van der Waals surface area contributed by atoms with Crippen molar-refractivity contribution in [1.82, 2.24) is 20.2 Å². The minimum atomic E-state index is -0.119. The van der Waals surface area contributed by atoms with Crippen molar-refractivity contribution in [2.24, 2.45) is 0 Å². The highest BCUT2D eigenvalue weighted by Crippen LogP contribution is 2.25. The predicted octanol–water partition coefficient (Wildman–Crippen LogP) is 2.57. The third kappa shape index (κ3) is 4.86. The van der Waals surface area contributed by atoms with Gasteiger partial charge in [-0.25, -0.2) is 9.97 Å². The van der Waals surface area contributed by atoms with Crippen LogP contribution >= 0.6 is 0 Å². The van der Waals surface area contributed by atoms with E-state index < -0.39 is 0 Å². The zero-order valence-electron chi connectivity index (χ0n) is 15.0. The molecular weight excluding hydrogens is 312 g/mol. The summed E-state index contributed by atoms with van der Waals surface area (Å²) in [5, 5.41) is 2.97. The van der Waals surface area contributed by atoms with Crippen LogP contribution < -0.4 is 5.32 Å². The Bertz CT molecular complexity index is 717. The summed E-state index contributed by atoms with van der Waals surface area (Å²) >= 11 is 0. The highest BCUT2D eigenvalue weighted by molar-refractivity contribution is 5.92. The van der Waals surface area contributed by atoms with Crippen molar-refractivity contribution in [3.05, 3.63) is 59.2 Å². The van der Waals surface area contributed by atoms with Gasteiger partial charge < -0.3 is 10.2 Å². The number of benzene rings is 1. The Balaban J connectivity index is 1.63. The summed E-state index contributed by atoms with van der Waals surface area (Å²) in [6.07, 6.45) is 3.11. The van der Waals surface area contributed by atoms with E-state index in [1.54, 1.807) is 0 Å². The number of rotatable bonds is 5.